The molecule has 0 aliphatic carbocycles. The number of carbonyl (C=O) groups excluding carboxylic acids is 1. The van der Waals surface area contributed by atoms with E-state index in [1.807, 2.05) is 19.1 Å². The Morgan fingerprint density at radius 2 is 1.89 bits per heavy atom. The molecule has 1 heterocycles. The number of rotatable bonds is 5. The Balaban J connectivity index is 1.91. The Hall–Kier alpha value is -1.35. The largest absolute Gasteiger partial charge is 0.350 e. The number of likely N-dealkylation sites (tertiary alicyclic amines) is 1. The number of benzene rings is 1. The van der Waals surface area contributed by atoms with Crippen molar-refractivity contribution in [3.8, 4) is 0 Å². The monoisotopic (exact) mass is 260 g/mol. The summed E-state index contributed by atoms with van der Waals surface area (Å²) in [5.41, 5.74) is 2.05. The lowest BCUT2D eigenvalue weighted by atomic mass is 10.1. The van der Waals surface area contributed by atoms with Gasteiger partial charge in [-0.2, -0.15) is 0 Å². The van der Waals surface area contributed by atoms with Crippen LogP contribution in [0.5, 0.6) is 0 Å². The highest BCUT2D eigenvalue weighted by atomic mass is 16.1. The summed E-state index contributed by atoms with van der Waals surface area (Å²) in [5, 5.41) is 2.99. The third kappa shape index (κ3) is 4.06. The van der Waals surface area contributed by atoms with Gasteiger partial charge < -0.3 is 5.32 Å². The van der Waals surface area contributed by atoms with Gasteiger partial charge >= 0.3 is 0 Å². The maximum Gasteiger partial charge on any atom is 0.251 e. The zero-order valence-electron chi connectivity index (χ0n) is 12.0. The van der Waals surface area contributed by atoms with Crippen molar-refractivity contribution in [2.45, 2.75) is 45.7 Å². The molecule has 1 fully saturated rings. The number of hydrogen-bond donors (Lipinski definition) is 1. The summed E-state index contributed by atoms with van der Waals surface area (Å²) in [6.07, 6.45) is 3.59. The first-order chi connectivity index (χ1) is 9.19. The van der Waals surface area contributed by atoms with E-state index in [1.165, 1.54) is 31.5 Å². The van der Waals surface area contributed by atoms with Gasteiger partial charge in [0.1, 0.15) is 0 Å². The molecule has 1 aliphatic rings. The van der Waals surface area contributed by atoms with Crippen LogP contribution in [-0.4, -0.2) is 29.9 Å². The summed E-state index contributed by atoms with van der Waals surface area (Å²) in [7, 11) is 0. The van der Waals surface area contributed by atoms with Gasteiger partial charge in [-0.15, -0.1) is 0 Å². The molecule has 0 radical (unpaired) electrons. The van der Waals surface area contributed by atoms with E-state index in [1.54, 1.807) is 0 Å². The van der Waals surface area contributed by atoms with Gasteiger partial charge in [-0.05, 0) is 57.0 Å². The summed E-state index contributed by atoms with van der Waals surface area (Å²) in [4.78, 5) is 14.4. The molecular formula is C16H24N2O. The highest BCUT2D eigenvalue weighted by Crippen LogP contribution is 2.13. The van der Waals surface area contributed by atoms with Gasteiger partial charge in [0.25, 0.3) is 5.91 Å². The third-order valence-corrected chi connectivity index (χ3v) is 3.81. The lowest BCUT2D eigenvalue weighted by Gasteiger charge is -2.15. The van der Waals surface area contributed by atoms with Crippen molar-refractivity contribution in [1.82, 2.24) is 10.2 Å². The molecule has 1 aromatic carbocycles. The Kier molecular flexibility index (Phi) is 4.97. The van der Waals surface area contributed by atoms with Crippen molar-refractivity contribution < 1.29 is 4.79 Å². The fourth-order valence-electron chi connectivity index (χ4n) is 2.37. The van der Waals surface area contributed by atoms with Gasteiger partial charge in [0.05, 0.1) is 0 Å². The molecule has 2 rings (SSSR count). The summed E-state index contributed by atoms with van der Waals surface area (Å²) in [6, 6.07) is 8.25. The van der Waals surface area contributed by atoms with Crippen molar-refractivity contribution in [1.29, 1.82) is 0 Å². The third-order valence-electron chi connectivity index (χ3n) is 3.81. The van der Waals surface area contributed by atoms with Gasteiger partial charge in [-0.1, -0.05) is 19.1 Å². The first-order valence-electron chi connectivity index (χ1n) is 7.31. The van der Waals surface area contributed by atoms with E-state index in [0.717, 1.165) is 18.5 Å². The van der Waals surface area contributed by atoms with Crippen LogP contribution in [0.2, 0.25) is 0 Å². The van der Waals surface area contributed by atoms with Crippen LogP contribution < -0.4 is 5.32 Å². The van der Waals surface area contributed by atoms with Gasteiger partial charge in [-0.3, -0.25) is 9.69 Å². The second-order valence-electron chi connectivity index (χ2n) is 5.46. The van der Waals surface area contributed by atoms with Crippen molar-refractivity contribution in [3.63, 3.8) is 0 Å². The minimum absolute atomic E-state index is 0.0297. The second-order valence-corrected chi connectivity index (χ2v) is 5.46. The minimum atomic E-state index is 0.0297. The summed E-state index contributed by atoms with van der Waals surface area (Å²) in [6.45, 7) is 7.52. The van der Waals surface area contributed by atoms with Gasteiger partial charge in [-0.25, -0.2) is 0 Å². The standard InChI is InChI=1S/C16H24N2O/c1-3-13(2)17-16(19)15-8-6-14(7-9-15)12-18-10-4-5-11-18/h6-9,13H,3-5,10-12H2,1-2H3,(H,17,19)/t13-/m0/s1. The van der Waals surface area contributed by atoms with Gasteiger partial charge in [0, 0.05) is 18.2 Å². The first kappa shape index (κ1) is 14.1. The average Bonchev–Trinajstić information content (AvgIpc) is 2.92. The van der Waals surface area contributed by atoms with Crippen molar-refractivity contribution in [2.24, 2.45) is 0 Å². The predicted molar refractivity (Wildman–Crippen MR) is 78.2 cm³/mol. The molecular weight excluding hydrogens is 236 g/mol. The highest BCUT2D eigenvalue weighted by molar-refractivity contribution is 5.94. The van der Waals surface area contributed by atoms with Crippen molar-refractivity contribution in [3.05, 3.63) is 35.4 Å². The topological polar surface area (TPSA) is 32.3 Å². The lowest BCUT2D eigenvalue weighted by Crippen LogP contribution is -2.31. The van der Waals surface area contributed by atoms with Crippen LogP contribution in [0.25, 0.3) is 0 Å². The molecule has 1 saturated heterocycles. The van der Waals surface area contributed by atoms with E-state index in [2.05, 4.69) is 29.3 Å². The zero-order chi connectivity index (χ0) is 13.7. The first-order valence-corrected chi connectivity index (χ1v) is 7.31. The Morgan fingerprint density at radius 1 is 1.26 bits per heavy atom. The smallest absolute Gasteiger partial charge is 0.251 e. The van der Waals surface area contributed by atoms with Crippen LogP contribution in [0.4, 0.5) is 0 Å². The molecule has 3 nitrogen and oxygen atoms in total. The van der Waals surface area contributed by atoms with E-state index in [9.17, 15) is 4.79 Å². The quantitative estimate of drug-likeness (QED) is 0.883. The molecule has 3 heteroatoms. The van der Waals surface area contributed by atoms with Crippen LogP contribution in [0.1, 0.15) is 49.0 Å². The van der Waals surface area contributed by atoms with Crippen LogP contribution in [0, 0.1) is 0 Å². The van der Waals surface area contributed by atoms with Crippen LogP contribution in [-0.2, 0) is 6.54 Å². The molecule has 0 aromatic heterocycles. The maximum atomic E-state index is 11.9. The Bertz CT molecular complexity index is 407. The van der Waals surface area contributed by atoms with Crippen LogP contribution in [0.3, 0.4) is 0 Å². The molecule has 1 aromatic rings. The van der Waals surface area contributed by atoms with Crippen LogP contribution >= 0.6 is 0 Å². The number of carbonyl (C=O) groups is 1. The van der Waals surface area contributed by atoms with Crippen LogP contribution in [0.15, 0.2) is 24.3 Å². The zero-order valence-corrected chi connectivity index (χ0v) is 12.0. The average molecular weight is 260 g/mol. The lowest BCUT2D eigenvalue weighted by molar-refractivity contribution is 0.0939. The molecule has 1 aliphatic heterocycles. The molecule has 0 saturated carbocycles. The predicted octanol–water partition coefficient (Wildman–Crippen LogP) is 2.81. The van der Waals surface area contributed by atoms with E-state index < -0.39 is 0 Å². The molecule has 1 amide bonds. The number of hydrogen-bond acceptors (Lipinski definition) is 2. The maximum absolute atomic E-state index is 11.9. The summed E-state index contributed by atoms with van der Waals surface area (Å²) in [5.74, 6) is 0.0297. The molecule has 104 valence electrons. The molecule has 19 heavy (non-hydrogen) atoms. The number of nitrogens with zero attached hydrogens (tertiary/aromatic N) is 1. The Labute approximate surface area is 116 Å². The van der Waals surface area contributed by atoms with Gasteiger partial charge in [0.15, 0.2) is 0 Å². The van der Waals surface area contributed by atoms with E-state index in [0.29, 0.717) is 0 Å². The van der Waals surface area contributed by atoms with Crippen molar-refractivity contribution in [2.75, 3.05) is 13.1 Å². The van der Waals surface area contributed by atoms with Crippen molar-refractivity contribution >= 4 is 5.91 Å². The summed E-state index contributed by atoms with van der Waals surface area (Å²) < 4.78 is 0. The SMILES string of the molecule is CC[C@H](C)NC(=O)c1ccc(CN2CCCC2)cc1. The second kappa shape index (κ2) is 6.71. The number of nitrogens with one attached hydrogen (secondary N) is 1. The normalized spacial score (nSPS) is 17.4. The summed E-state index contributed by atoms with van der Waals surface area (Å²) >= 11 is 0. The van der Waals surface area contributed by atoms with E-state index in [4.69, 9.17) is 0 Å². The minimum Gasteiger partial charge on any atom is -0.350 e. The Morgan fingerprint density at radius 3 is 2.47 bits per heavy atom. The fourth-order valence-corrected chi connectivity index (χ4v) is 2.37. The highest BCUT2D eigenvalue weighted by Gasteiger charge is 2.12. The molecule has 0 unspecified atom stereocenters. The molecule has 0 bridgehead atoms. The van der Waals surface area contributed by atoms with Gasteiger partial charge in [0.2, 0.25) is 0 Å². The fraction of sp³-hybridized carbons (Fsp3) is 0.562. The van der Waals surface area contributed by atoms with E-state index in [-0.39, 0.29) is 11.9 Å². The molecule has 1 atom stereocenters. The molecule has 0 spiro atoms. The number of amides is 1. The van der Waals surface area contributed by atoms with E-state index >= 15 is 0 Å². The molecule has 1 N–H and O–H groups in total.